The summed E-state index contributed by atoms with van der Waals surface area (Å²) in [5, 5.41) is 29.2. The number of hydrogen-bond donors (Lipinski definition) is 1. The second-order valence-corrected chi connectivity index (χ2v) is 15.8. The van der Waals surface area contributed by atoms with Crippen molar-refractivity contribution in [1.82, 2.24) is 19.5 Å². The predicted molar refractivity (Wildman–Crippen MR) is 252 cm³/mol. The van der Waals surface area contributed by atoms with Crippen LogP contribution in [0, 0.1) is 0 Å². The molecule has 0 fully saturated rings. The number of nitrogens with zero attached hydrogens (tertiary/aromatic N) is 3. The van der Waals surface area contributed by atoms with Crippen LogP contribution in [0.1, 0.15) is 43.5 Å². The van der Waals surface area contributed by atoms with Crippen molar-refractivity contribution in [3.63, 3.8) is 0 Å². The first kappa shape index (κ1) is 49.6. The number of nitrogens with one attached hydrogen (secondary N) is 1. The third-order valence-electron chi connectivity index (χ3n) is 9.15. The van der Waals surface area contributed by atoms with Crippen molar-refractivity contribution in [2.45, 2.75) is 20.8 Å². The van der Waals surface area contributed by atoms with Gasteiger partial charge in [-0.3, -0.25) is 0 Å². The van der Waals surface area contributed by atoms with E-state index in [0.717, 1.165) is 105 Å². The molecule has 326 valence electrons. The van der Waals surface area contributed by atoms with E-state index in [0.29, 0.717) is 20.1 Å². The summed E-state index contributed by atoms with van der Waals surface area (Å²) in [4.78, 5) is 40.5. The minimum Gasteiger partial charge on any atom is -0.550 e. The van der Waals surface area contributed by atoms with Crippen LogP contribution in [0.25, 0.3) is 85.4 Å². The van der Waals surface area contributed by atoms with Gasteiger partial charge in [-0.1, -0.05) is 82.8 Å². The molecule has 0 saturated heterocycles. The molecule has 10 nitrogen and oxygen atoms in total. The van der Waals surface area contributed by atoms with Crippen molar-refractivity contribution in [2.24, 2.45) is 0 Å². The number of carboxylic acid groups (broad SMARTS) is 3. The monoisotopic (exact) mass is 982 g/mol. The molecule has 1 N–H and O–H groups in total. The Morgan fingerprint density at radius 1 is 0.477 bits per heavy atom. The van der Waals surface area contributed by atoms with Crippen molar-refractivity contribution >= 4 is 111 Å². The molecule has 0 aliphatic carbocycles. The van der Waals surface area contributed by atoms with Gasteiger partial charge in [-0.05, 0) is 153 Å². The van der Waals surface area contributed by atoms with Gasteiger partial charge < -0.3 is 39.3 Å². The molecule has 9 rings (SSSR count). The van der Waals surface area contributed by atoms with Gasteiger partial charge in [0, 0.05) is 71.4 Å². The fourth-order valence-corrected chi connectivity index (χ4v) is 7.36. The van der Waals surface area contributed by atoms with Crippen molar-refractivity contribution in [3.8, 4) is 39.1 Å². The number of rotatable bonds is 4. The molecule has 8 bridgehead atoms. The molecule has 5 heterocycles. The summed E-state index contributed by atoms with van der Waals surface area (Å²) in [5.41, 5.74) is 13.6. The van der Waals surface area contributed by atoms with Crippen LogP contribution in [-0.4, -0.2) is 37.4 Å². The zero-order valence-corrected chi connectivity index (χ0v) is 38.8. The van der Waals surface area contributed by atoms with E-state index in [4.69, 9.17) is 86.1 Å². The molecular weight excluding hydrogens is 949 g/mol. The number of carboxylic acids is 3. The number of aliphatic carboxylic acids is 3. The molecule has 0 amide bonds. The van der Waals surface area contributed by atoms with Crippen molar-refractivity contribution in [3.05, 3.63) is 170 Å². The van der Waals surface area contributed by atoms with E-state index in [-0.39, 0.29) is 17.1 Å². The molecule has 0 radical (unpaired) electrons. The molecule has 0 saturated carbocycles. The Hall–Kier alpha value is -6.43. The van der Waals surface area contributed by atoms with E-state index in [2.05, 4.69) is 46.0 Å². The fraction of sp³-hybridized carbons (Fsp3) is 0.0600. The third kappa shape index (κ3) is 13.1. The Bertz CT molecular complexity index is 3050. The van der Waals surface area contributed by atoms with Gasteiger partial charge in [-0.2, -0.15) is 0 Å². The van der Waals surface area contributed by atoms with Gasteiger partial charge in [-0.15, -0.1) is 0 Å². The summed E-state index contributed by atoms with van der Waals surface area (Å²) >= 11 is 26.0. The molecule has 4 aromatic carbocycles. The number of H-pyrrole nitrogens is 1. The first-order chi connectivity index (χ1) is 30.6. The molecule has 2 aliphatic rings. The Kier molecular flexibility index (Phi) is 17.1. The van der Waals surface area contributed by atoms with Crippen LogP contribution in [-0.2, 0) is 31.5 Å². The van der Waals surface area contributed by atoms with Crippen LogP contribution < -0.4 is 15.3 Å². The quantitative estimate of drug-likeness (QED) is 0.170. The van der Waals surface area contributed by atoms with Gasteiger partial charge in [0.2, 0.25) is 0 Å². The van der Waals surface area contributed by atoms with Crippen LogP contribution in [0.2, 0.25) is 20.1 Å². The second kappa shape index (κ2) is 22.5. The van der Waals surface area contributed by atoms with Crippen LogP contribution in [0.4, 0.5) is 0 Å². The van der Waals surface area contributed by atoms with E-state index in [1.165, 1.54) is 0 Å². The maximum atomic E-state index is 8.89. The summed E-state index contributed by atoms with van der Waals surface area (Å²) in [7, 11) is 0. The zero-order valence-electron chi connectivity index (χ0n) is 34.6. The van der Waals surface area contributed by atoms with Gasteiger partial charge in [0.15, 0.2) is 0 Å². The van der Waals surface area contributed by atoms with Gasteiger partial charge in [-0.25, -0.2) is 9.97 Å². The maximum absolute atomic E-state index is 8.89. The Morgan fingerprint density at radius 2 is 0.831 bits per heavy atom. The average Bonchev–Trinajstić information content (AvgIpc) is 4.04. The summed E-state index contributed by atoms with van der Waals surface area (Å²) < 4.78 is 2.28. The van der Waals surface area contributed by atoms with E-state index >= 15 is 0 Å². The predicted octanol–water partition coefficient (Wildman–Crippen LogP) is 10.00. The second-order valence-electron chi connectivity index (χ2n) is 14.0. The fourth-order valence-electron chi connectivity index (χ4n) is 6.86. The number of benzene rings is 4. The van der Waals surface area contributed by atoms with Gasteiger partial charge >= 0.3 is 17.1 Å². The topological polar surface area (TPSA) is 167 Å². The molecule has 15 heteroatoms. The third-order valence-corrected chi connectivity index (χ3v) is 10.2. The number of carbonyl (C=O) groups is 3. The molecule has 3 aromatic heterocycles. The number of hydrogen-bond acceptors (Lipinski definition) is 8. The number of halogens is 4. The Labute approximate surface area is 404 Å². The minimum absolute atomic E-state index is 0. The Morgan fingerprint density at radius 3 is 1.28 bits per heavy atom. The van der Waals surface area contributed by atoms with E-state index < -0.39 is 17.9 Å². The number of fused-ring (bicyclic) bond motifs is 8. The van der Waals surface area contributed by atoms with Gasteiger partial charge in [0.25, 0.3) is 0 Å². The van der Waals surface area contributed by atoms with E-state index in [9.17, 15) is 0 Å². The number of aromatic nitrogens is 4. The smallest absolute Gasteiger partial charge is 0.550 e. The van der Waals surface area contributed by atoms with Crippen LogP contribution in [0.5, 0.6) is 0 Å². The van der Waals surface area contributed by atoms with Crippen molar-refractivity contribution in [2.75, 3.05) is 0 Å². The van der Waals surface area contributed by atoms with E-state index in [1.54, 1.807) is 0 Å². The van der Waals surface area contributed by atoms with E-state index in [1.807, 2.05) is 115 Å². The number of aromatic amines is 1. The molecule has 65 heavy (non-hydrogen) atoms. The van der Waals surface area contributed by atoms with Crippen molar-refractivity contribution in [1.29, 1.82) is 0 Å². The zero-order chi connectivity index (χ0) is 46.1. The van der Waals surface area contributed by atoms with Gasteiger partial charge in [0.05, 0.1) is 33.8 Å². The first-order valence-corrected chi connectivity index (χ1v) is 20.8. The van der Waals surface area contributed by atoms with Gasteiger partial charge in [0.1, 0.15) is 0 Å². The molecule has 2 aliphatic heterocycles. The molecule has 0 atom stereocenters. The normalized spacial score (nSPS) is 10.8. The van der Waals surface area contributed by atoms with Crippen LogP contribution in [0.15, 0.2) is 127 Å². The summed E-state index contributed by atoms with van der Waals surface area (Å²) in [6, 6.07) is 42.1. The average molecular weight is 985 g/mol. The minimum atomic E-state index is -1.08. The standard InChI is InChI=1S/C44H26Cl4N4.3C2H4O2.Mn/c45-29-7-1-26(2-8-29)41-39-22-19-36(51-39)24-35-16-15-33(49-35)23-34-17-18-37(50-34)25-40-42(27-3-9-30(46)10-4-27)43(28-5-11-31(47)12-6-28)44(41)52(40)38-20-13-32(48)14-21-38;3*1-2(3)4;/h1-25,49H;3*1H3,(H,3,4);/q;;;;+3/p-3. The molecule has 7 aromatic rings. The Balaban J connectivity index is 0.000000548. The molecule has 0 unspecified atom stereocenters. The number of carbonyl (C=O) groups excluding carboxylic acids is 3. The summed E-state index contributed by atoms with van der Waals surface area (Å²) in [6.45, 7) is 2.92. The van der Waals surface area contributed by atoms with Crippen LogP contribution >= 0.6 is 46.4 Å². The SMILES string of the molecule is CC(=O)[O-].CC(=O)[O-].CC(=O)[O-].Clc1ccc(-c2c(-c3ccc(Cl)cc3)c3c(-c4ccc(Cl)cc4)c4nc(cc5ccc(cc6nc(cc2n3-c2ccc(Cl)cc2)C=C6)[nH]5)C=C4)cc1.[Mn+3]. The van der Waals surface area contributed by atoms with Crippen molar-refractivity contribution < 1.29 is 46.8 Å². The molecule has 0 spiro atoms. The largest absolute Gasteiger partial charge is 3.00 e. The summed E-state index contributed by atoms with van der Waals surface area (Å²) in [6.07, 6.45) is 8.19. The summed E-state index contributed by atoms with van der Waals surface area (Å²) in [5.74, 6) is -3.25. The molecular formula is C50H35Cl4MnN4O6. The van der Waals surface area contributed by atoms with Crippen LogP contribution in [0.3, 0.4) is 0 Å². The maximum Gasteiger partial charge on any atom is 3.00 e. The first-order valence-electron chi connectivity index (χ1n) is 19.3.